The number of hydrogen-bond acceptors (Lipinski definition) is 5. The maximum absolute atomic E-state index is 13.0. The zero-order valence-corrected chi connectivity index (χ0v) is 21.2. The molecule has 4 rings (SSSR count). The van der Waals surface area contributed by atoms with Crippen molar-refractivity contribution in [1.29, 1.82) is 0 Å². The Balaban J connectivity index is 1.49. The first-order valence-electron chi connectivity index (χ1n) is 9.82. The van der Waals surface area contributed by atoms with Crippen molar-refractivity contribution in [3.8, 4) is 5.75 Å². The second kappa shape index (κ2) is 10.8. The smallest absolute Gasteiger partial charge is 0.285 e. The molecule has 0 atom stereocenters. The Morgan fingerprint density at radius 3 is 2.47 bits per heavy atom. The third-order valence-corrected chi connectivity index (χ3v) is 6.86. The Morgan fingerprint density at radius 1 is 1.03 bits per heavy atom. The summed E-state index contributed by atoms with van der Waals surface area (Å²) in [4.78, 5) is 25.8. The molecule has 172 valence electrons. The summed E-state index contributed by atoms with van der Waals surface area (Å²) in [7, 11) is 0. The third-order valence-electron chi connectivity index (χ3n) is 4.72. The van der Waals surface area contributed by atoms with Gasteiger partial charge in [-0.3, -0.25) is 15.0 Å². The SMILES string of the molecule is O=C(NN1C(=O)/C(=C\c2ccccc2OCc2ccc(Cl)cc2Cl)SC1=S)c1ccc(Cl)cc1. The van der Waals surface area contributed by atoms with E-state index in [1.807, 2.05) is 18.2 Å². The Morgan fingerprint density at radius 2 is 1.74 bits per heavy atom. The van der Waals surface area contributed by atoms with Crippen molar-refractivity contribution < 1.29 is 14.3 Å². The highest BCUT2D eigenvalue weighted by Crippen LogP contribution is 2.34. The average molecular weight is 550 g/mol. The van der Waals surface area contributed by atoms with Gasteiger partial charge in [-0.2, -0.15) is 5.01 Å². The first kappa shape index (κ1) is 24.6. The number of hydrazine groups is 1. The van der Waals surface area contributed by atoms with Crippen LogP contribution in [0.25, 0.3) is 6.08 Å². The van der Waals surface area contributed by atoms with Crippen LogP contribution in [0.1, 0.15) is 21.5 Å². The summed E-state index contributed by atoms with van der Waals surface area (Å²) >= 11 is 24.4. The van der Waals surface area contributed by atoms with Crippen LogP contribution in [-0.2, 0) is 11.4 Å². The highest BCUT2D eigenvalue weighted by atomic mass is 35.5. The van der Waals surface area contributed by atoms with Crippen molar-refractivity contribution in [3.63, 3.8) is 0 Å². The van der Waals surface area contributed by atoms with Crippen LogP contribution in [0.4, 0.5) is 0 Å². The number of amides is 2. The molecule has 3 aromatic rings. The van der Waals surface area contributed by atoms with Crippen molar-refractivity contribution in [1.82, 2.24) is 10.4 Å². The summed E-state index contributed by atoms with van der Waals surface area (Å²) in [5.41, 5.74) is 4.35. The van der Waals surface area contributed by atoms with Crippen molar-refractivity contribution in [2.45, 2.75) is 6.61 Å². The van der Waals surface area contributed by atoms with Crippen molar-refractivity contribution >= 4 is 81.0 Å². The van der Waals surface area contributed by atoms with Crippen LogP contribution < -0.4 is 10.2 Å². The van der Waals surface area contributed by atoms with E-state index >= 15 is 0 Å². The van der Waals surface area contributed by atoms with Gasteiger partial charge in [-0.15, -0.1) is 0 Å². The monoisotopic (exact) mass is 548 g/mol. The number of carbonyl (C=O) groups excluding carboxylic acids is 2. The standard InChI is InChI=1S/C24H15Cl3N2O3S2/c25-17-8-5-14(6-9-17)22(30)28-29-23(31)21(34-24(29)33)11-15-3-1-2-4-20(15)32-13-16-7-10-18(26)12-19(16)27/h1-12H,13H2,(H,28,30)/b21-11+. The van der Waals surface area contributed by atoms with Gasteiger partial charge in [-0.05, 0) is 60.8 Å². The molecule has 1 N–H and O–H groups in total. The van der Waals surface area contributed by atoms with E-state index in [1.54, 1.807) is 54.6 Å². The first-order chi connectivity index (χ1) is 16.3. The second-order valence-corrected chi connectivity index (χ2v) is 9.98. The van der Waals surface area contributed by atoms with Crippen molar-refractivity contribution in [2.75, 3.05) is 0 Å². The van der Waals surface area contributed by atoms with Gasteiger partial charge < -0.3 is 4.74 Å². The highest BCUT2D eigenvalue weighted by Gasteiger charge is 2.34. The summed E-state index contributed by atoms with van der Waals surface area (Å²) in [5, 5.41) is 2.60. The molecular weight excluding hydrogens is 535 g/mol. The van der Waals surface area contributed by atoms with E-state index in [1.165, 1.54) is 0 Å². The lowest BCUT2D eigenvalue weighted by Crippen LogP contribution is -2.44. The molecule has 1 saturated heterocycles. The summed E-state index contributed by atoms with van der Waals surface area (Å²) in [6.07, 6.45) is 1.67. The van der Waals surface area contributed by atoms with Gasteiger partial charge in [0, 0.05) is 31.8 Å². The first-order valence-corrected chi connectivity index (χ1v) is 12.2. The van der Waals surface area contributed by atoms with E-state index in [4.69, 9.17) is 51.8 Å². The fraction of sp³-hybridized carbons (Fsp3) is 0.0417. The third kappa shape index (κ3) is 5.74. The fourth-order valence-electron chi connectivity index (χ4n) is 3.00. The molecule has 1 heterocycles. The molecule has 0 spiro atoms. The normalized spacial score (nSPS) is 14.6. The number of carbonyl (C=O) groups is 2. The largest absolute Gasteiger partial charge is 0.488 e. The van der Waals surface area contributed by atoms with Crippen LogP contribution in [0.15, 0.2) is 71.6 Å². The summed E-state index contributed by atoms with van der Waals surface area (Å²) < 4.78 is 6.17. The van der Waals surface area contributed by atoms with Crippen molar-refractivity contribution in [2.24, 2.45) is 0 Å². The predicted molar refractivity (Wildman–Crippen MR) is 141 cm³/mol. The van der Waals surface area contributed by atoms with E-state index in [-0.39, 0.29) is 10.9 Å². The molecule has 10 heteroatoms. The maximum Gasteiger partial charge on any atom is 0.285 e. The Bertz CT molecular complexity index is 1310. The topological polar surface area (TPSA) is 58.6 Å². The lowest BCUT2D eigenvalue weighted by molar-refractivity contribution is -0.123. The maximum atomic E-state index is 13.0. The molecule has 0 radical (unpaired) electrons. The highest BCUT2D eigenvalue weighted by molar-refractivity contribution is 8.26. The molecule has 5 nitrogen and oxygen atoms in total. The summed E-state index contributed by atoms with van der Waals surface area (Å²) in [5.74, 6) is -0.352. The molecule has 0 unspecified atom stereocenters. The Labute approximate surface area is 220 Å². The van der Waals surface area contributed by atoms with Crippen LogP contribution in [0.5, 0.6) is 5.75 Å². The van der Waals surface area contributed by atoms with E-state index in [0.29, 0.717) is 36.8 Å². The van der Waals surface area contributed by atoms with Crippen LogP contribution in [0.2, 0.25) is 15.1 Å². The lowest BCUT2D eigenvalue weighted by atomic mass is 10.1. The quantitative estimate of drug-likeness (QED) is 0.272. The number of ether oxygens (including phenoxy) is 1. The van der Waals surface area contributed by atoms with Gasteiger partial charge in [-0.25, -0.2) is 0 Å². The van der Waals surface area contributed by atoms with Gasteiger partial charge >= 0.3 is 0 Å². The molecule has 0 aliphatic carbocycles. The van der Waals surface area contributed by atoms with E-state index in [2.05, 4.69) is 5.43 Å². The van der Waals surface area contributed by atoms with Gasteiger partial charge in [0.2, 0.25) is 0 Å². The van der Waals surface area contributed by atoms with Gasteiger partial charge in [0.15, 0.2) is 4.32 Å². The minimum atomic E-state index is -0.474. The minimum Gasteiger partial charge on any atom is -0.488 e. The van der Waals surface area contributed by atoms with E-state index in [9.17, 15) is 9.59 Å². The summed E-state index contributed by atoms with van der Waals surface area (Å²) in [6, 6.07) is 18.8. The lowest BCUT2D eigenvalue weighted by Gasteiger charge is -2.15. The zero-order chi connectivity index (χ0) is 24.2. The second-order valence-electron chi connectivity index (χ2n) is 7.03. The number of para-hydroxylation sites is 1. The summed E-state index contributed by atoms with van der Waals surface area (Å²) in [6.45, 7) is 0.221. The number of nitrogens with zero attached hydrogens (tertiary/aromatic N) is 1. The molecule has 1 fully saturated rings. The molecule has 2 amide bonds. The van der Waals surface area contributed by atoms with Crippen molar-refractivity contribution in [3.05, 3.63) is 103 Å². The molecule has 1 aliphatic rings. The minimum absolute atomic E-state index is 0.213. The van der Waals surface area contributed by atoms with Crippen LogP contribution >= 0.6 is 58.8 Å². The van der Waals surface area contributed by atoms with Crippen LogP contribution in [-0.4, -0.2) is 21.1 Å². The number of hydrogen-bond donors (Lipinski definition) is 1. The van der Waals surface area contributed by atoms with Gasteiger partial charge in [0.25, 0.3) is 11.8 Å². The number of rotatable bonds is 6. The van der Waals surface area contributed by atoms with Gasteiger partial charge in [0.1, 0.15) is 12.4 Å². The Hall–Kier alpha value is -2.55. The molecule has 0 saturated carbocycles. The average Bonchev–Trinajstić information content (AvgIpc) is 3.07. The molecular formula is C24H15Cl3N2O3S2. The molecule has 0 aromatic heterocycles. The van der Waals surface area contributed by atoms with Crippen LogP contribution in [0, 0.1) is 0 Å². The molecule has 1 aliphatic heterocycles. The van der Waals surface area contributed by atoms with Crippen LogP contribution in [0.3, 0.4) is 0 Å². The molecule has 3 aromatic carbocycles. The van der Waals surface area contributed by atoms with Gasteiger partial charge in [-0.1, -0.05) is 70.8 Å². The zero-order valence-electron chi connectivity index (χ0n) is 17.3. The number of benzene rings is 3. The fourth-order valence-corrected chi connectivity index (χ4v) is 4.76. The number of halogens is 3. The number of nitrogens with one attached hydrogen (secondary N) is 1. The van der Waals surface area contributed by atoms with E-state index < -0.39 is 11.8 Å². The molecule has 0 bridgehead atoms. The Kier molecular flexibility index (Phi) is 7.80. The number of thioether (sulfide) groups is 1. The predicted octanol–water partition coefficient (Wildman–Crippen LogP) is 6.77. The molecule has 34 heavy (non-hydrogen) atoms. The number of thiocarbonyl (C=S) groups is 1. The van der Waals surface area contributed by atoms with Gasteiger partial charge in [0.05, 0.1) is 4.91 Å². The van der Waals surface area contributed by atoms with E-state index in [0.717, 1.165) is 22.3 Å².